The van der Waals surface area contributed by atoms with Crippen LogP contribution >= 0.6 is 11.3 Å². The fourth-order valence-electron chi connectivity index (χ4n) is 3.93. The summed E-state index contributed by atoms with van der Waals surface area (Å²) >= 11 is 1.51. The average Bonchev–Trinajstić information content (AvgIpc) is 3.43. The van der Waals surface area contributed by atoms with Gasteiger partial charge in [-0.25, -0.2) is 0 Å². The molecular formula is C22H19N3O3S. The van der Waals surface area contributed by atoms with Crippen LogP contribution < -0.4 is 5.56 Å². The zero-order valence-electron chi connectivity index (χ0n) is 15.9. The molecule has 1 saturated heterocycles. The van der Waals surface area contributed by atoms with E-state index in [0.29, 0.717) is 29.7 Å². The van der Waals surface area contributed by atoms with Crippen LogP contribution in [-0.4, -0.2) is 46.7 Å². The Hall–Kier alpha value is -3.03. The third kappa shape index (κ3) is 2.94. The highest BCUT2D eigenvalue weighted by molar-refractivity contribution is 7.18. The largest absolute Gasteiger partial charge is 0.380 e. The fraction of sp³-hybridized carbons (Fsp3) is 0.227. The summed E-state index contributed by atoms with van der Waals surface area (Å²) in [5.74, 6) is -0.0954. The van der Waals surface area contributed by atoms with Crippen LogP contribution in [0, 0.1) is 0 Å². The highest BCUT2D eigenvalue weighted by Crippen LogP contribution is 2.30. The zero-order valence-corrected chi connectivity index (χ0v) is 16.7. The van der Waals surface area contributed by atoms with Gasteiger partial charge in [0.15, 0.2) is 0 Å². The molecule has 0 N–H and O–H groups in total. The maximum absolute atomic E-state index is 13.5. The lowest BCUT2D eigenvalue weighted by atomic mass is 10.0. The van der Waals surface area contributed by atoms with Gasteiger partial charge in [0.25, 0.3) is 11.5 Å². The first-order chi connectivity index (χ1) is 14.2. The van der Waals surface area contributed by atoms with E-state index in [2.05, 4.69) is 5.10 Å². The zero-order chi connectivity index (χ0) is 20.0. The van der Waals surface area contributed by atoms with Crippen LogP contribution in [0.25, 0.3) is 26.7 Å². The van der Waals surface area contributed by atoms with E-state index >= 15 is 0 Å². The highest BCUT2D eigenvalue weighted by Gasteiger charge is 2.29. The maximum atomic E-state index is 13.5. The lowest BCUT2D eigenvalue weighted by Gasteiger charge is -2.18. The van der Waals surface area contributed by atoms with Gasteiger partial charge in [-0.2, -0.15) is 9.61 Å². The number of amides is 1. The summed E-state index contributed by atoms with van der Waals surface area (Å²) in [5.41, 5.74) is 2.09. The van der Waals surface area contributed by atoms with Gasteiger partial charge in [-0.1, -0.05) is 30.3 Å². The van der Waals surface area contributed by atoms with Gasteiger partial charge in [0.05, 0.1) is 28.1 Å². The van der Waals surface area contributed by atoms with Gasteiger partial charge in [0, 0.05) is 31.1 Å². The van der Waals surface area contributed by atoms with Crippen LogP contribution in [0.3, 0.4) is 0 Å². The number of thiophene rings is 1. The summed E-state index contributed by atoms with van der Waals surface area (Å²) in [6.45, 7) is 1.19. The van der Waals surface area contributed by atoms with E-state index < -0.39 is 0 Å². The topological polar surface area (TPSA) is 63.9 Å². The minimum Gasteiger partial charge on any atom is -0.380 e. The molecule has 0 unspecified atom stereocenters. The monoisotopic (exact) mass is 405 g/mol. The molecule has 6 nitrogen and oxygen atoms in total. The molecule has 1 atom stereocenters. The molecule has 5 rings (SSSR count). The Morgan fingerprint density at radius 3 is 2.83 bits per heavy atom. The predicted octanol–water partition coefficient (Wildman–Crippen LogP) is 3.44. The minimum absolute atomic E-state index is 0.0464. The second kappa shape index (κ2) is 7.09. The van der Waals surface area contributed by atoms with E-state index in [-0.39, 0.29) is 17.6 Å². The molecule has 1 amide bonds. The summed E-state index contributed by atoms with van der Waals surface area (Å²) in [4.78, 5) is 28.6. The molecular weight excluding hydrogens is 386 g/mol. The van der Waals surface area contributed by atoms with Crippen molar-refractivity contribution in [3.63, 3.8) is 0 Å². The van der Waals surface area contributed by atoms with E-state index in [1.807, 2.05) is 41.8 Å². The fourth-order valence-corrected chi connectivity index (χ4v) is 4.84. The van der Waals surface area contributed by atoms with Crippen molar-refractivity contribution in [3.8, 4) is 11.1 Å². The van der Waals surface area contributed by atoms with Crippen molar-refractivity contribution in [2.24, 2.45) is 0 Å². The van der Waals surface area contributed by atoms with Crippen molar-refractivity contribution in [1.29, 1.82) is 0 Å². The lowest BCUT2D eigenvalue weighted by molar-refractivity contribution is 0.0725. The van der Waals surface area contributed by atoms with E-state index in [4.69, 9.17) is 4.74 Å². The Balaban J connectivity index is 1.78. The molecule has 0 spiro atoms. The molecule has 146 valence electrons. The molecule has 0 bridgehead atoms. The number of nitrogens with zero attached hydrogens (tertiary/aromatic N) is 3. The second-order valence-electron chi connectivity index (χ2n) is 7.15. The molecule has 0 saturated carbocycles. The van der Waals surface area contributed by atoms with E-state index in [1.165, 1.54) is 15.9 Å². The molecule has 4 aromatic rings. The number of benzene rings is 1. The van der Waals surface area contributed by atoms with Gasteiger partial charge >= 0.3 is 0 Å². The van der Waals surface area contributed by atoms with Crippen LogP contribution in [0.2, 0.25) is 0 Å². The molecule has 1 aliphatic rings. The van der Waals surface area contributed by atoms with E-state index in [1.54, 1.807) is 24.3 Å². The number of carbonyl (C=O) groups is 1. The Morgan fingerprint density at radius 1 is 1.24 bits per heavy atom. The third-order valence-corrected chi connectivity index (χ3v) is 6.42. The highest BCUT2D eigenvalue weighted by atomic mass is 32.1. The van der Waals surface area contributed by atoms with Crippen molar-refractivity contribution >= 4 is 32.8 Å². The minimum atomic E-state index is -0.228. The lowest BCUT2D eigenvalue weighted by Crippen LogP contribution is -2.32. The van der Waals surface area contributed by atoms with Gasteiger partial charge in [-0.15, -0.1) is 11.3 Å². The van der Waals surface area contributed by atoms with Crippen LogP contribution in [0.15, 0.2) is 58.8 Å². The number of likely N-dealkylation sites (tertiary alicyclic amines) is 1. The quantitative estimate of drug-likeness (QED) is 0.524. The molecule has 0 radical (unpaired) electrons. The number of pyridine rings is 1. The SMILES string of the molecule is CO[C@@H]1CCN(C(=O)c2cc(-c3ccccc3)c(=O)n3ncc4ccsc4c23)C1. The summed E-state index contributed by atoms with van der Waals surface area (Å²) in [6, 6.07) is 13.1. The molecule has 3 aromatic heterocycles. The summed E-state index contributed by atoms with van der Waals surface area (Å²) in [5, 5.41) is 7.26. The Morgan fingerprint density at radius 2 is 2.07 bits per heavy atom. The van der Waals surface area contributed by atoms with Gasteiger partial charge in [-0.3, -0.25) is 9.59 Å². The van der Waals surface area contributed by atoms with Crippen molar-refractivity contribution in [3.05, 3.63) is 70.0 Å². The third-order valence-electron chi connectivity index (χ3n) is 5.48. The number of aromatic nitrogens is 2. The first kappa shape index (κ1) is 18.0. The standard InChI is InChI=1S/C22H19N3O3S/c1-28-16-7-9-24(13-16)21(26)18-11-17(14-5-3-2-4-6-14)22(27)25-19(18)20-15(12-23-25)8-10-29-20/h2-6,8,10-12,16H,7,9,13H2,1H3/t16-/m1/s1. The number of rotatable bonds is 3. The van der Waals surface area contributed by atoms with Crippen LogP contribution in [0.1, 0.15) is 16.8 Å². The smallest absolute Gasteiger partial charge is 0.279 e. The van der Waals surface area contributed by atoms with Crippen molar-refractivity contribution in [1.82, 2.24) is 14.5 Å². The van der Waals surface area contributed by atoms with Crippen molar-refractivity contribution in [2.75, 3.05) is 20.2 Å². The summed E-state index contributed by atoms with van der Waals surface area (Å²) in [7, 11) is 1.67. The normalized spacial score (nSPS) is 16.7. The first-order valence-electron chi connectivity index (χ1n) is 9.47. The number of ether oxygens (including phenoxy) is 1. The average molecular weight is 405 g/mol. The molecule has 7 heteroatoms. The van der Waals surface area contributed by atoms with Gasteiger partial charge in [-0.05, 0) is 29.5 Å². The van der Waals surface area contributed by atoms with Crippen molar-refractivity contribution < 1.29 is 9.53 Å². The van der Waals surface area contributed by atoms with E-state index in [9.17, 15) is 9.59 Å². The number of hydrogen-bond donors (Lipinski definition) is 0. The predicted molar refractivity (Wildman–Crippen MR) is 114 cm³/mol. The summed E-state index contributed by atoms with van der Waals surface area (Å²) in [6.07, 6.45) is 2.54. The number of fused-ring (bicyclic) bond motifs is 3. The molecule has 1 aliphatic heterocycles. The Labute approximate surface area is 171 Å². The summed E-state index contributed by atoms with van der Waals surface area (Å²) < 4.78 is 7.69. The van der Waals surface area contributed by atoms with E-state index in [0.717, 1.165) is 22.1 Å². The molecule has 0 aliphatic carbocycles. The number of carbonyl (C=O) groups excluding carboxylic acids is 1. The molecule has 1 fully saturated rings. The number of hydrogen-bond acceptors (Lipinski definition) is 5. The molecule has 29 heavy (non-hydrogen) atoms. The first-order valence-corrected chi connectivity index (χ1v) is 10.3. The second-order valence-corrected chi connectivity index (χ2v) is 8.07. The van der Waals surface area contributed by atoms with Crippen LogP contribution in [-0.2, 0) is 4.74 Å². The Kier molecular flexibility index (Phi) is 4.41. The van der Waals surface area contributed by atoms with Gasteiger partial charge in [0.2, 0.25) is 0 Å². The van der Waals surface area contributed by atoms with Crippen molar-refractivity contribution in [2.45, 2.75) is 12.5 Å². The van der Waals surface area contributed by atoms with Crippen LogP contribution in [0.4, 0.5) is 0 Å². The van der Waals surface area contributed by atoms with Gasteiger partial charge < -0.3 is 9.64 Å². The molecule has 1 aromatic carbocycles. The van der Waals surface area contributed by atoms with Gasteiger partial charge in [0.1, 0.15) is 0 Å². The Bertz CT molecular complexity index is 1280. The maximum Gasteiger partial charge on any atom is 0.279 e. The van der Waals surface area contributed by atoms with Crippen LogP contribution in [0.5, 0.6) is 0 Å². The number of methoxy groups -OCH3 is 1. The molecule has 4 heterocycles.